The van der Waals surface area contributed by atoms with Crippen molar-refractivity contribution in [3.63, 3.8) is 0 Å². The topological polar surface area (TPSA) is 179 Å². The smallest absolute Gasteiger partial charge is 0.295 e. The van der Waals surface area contributed by atoms with Crippen molar-refractivity contribution >= 4 is 50.2 Å². The summed E-state index contributed by atoms with van der Waals surface area (Å²) in [5.74, 6) is -1.66. The predicted octanol–water partition coefficient (Wildman–Crippen LogP) is -0.857. The molecule has 0 atom stereocenters. The van der Waals surface area contributed by atoms with Gasteiger partial charge in [-0.2, -0.15) is 8.42 Å². The molecule has 0 aliphatic carbocycles. The van der Waals surface area contributed by atoms with Gasteiger partial charge < -0.3 is 20.5 Å². The Hall–Kier alpha value is -3.23. The van der Waals surface area contributed by atoms with Crippen molar-refractivity contribution in [2.45, 2.75) is 16.6 Å². The molecule has 164 valence electrons. The number of benzene rings is 2. The molecule has 1 aromatic heterocycles. The molecule has 12 nitrogen and oxygen atoms in total. The maximum absolute atomic E-state index is 12.0. The monoisotopic (exact) mass is 465 g/mol. The third-order valence-electron chi connectivity index (χ3n) is 4.03. The number of carbonyl (C=O) groups is 2. The van der Waals surface area contributed by atoms with Gasteiger partial charge in [0.1, 0.15) is 4.90 Å². The molecule has 0 fully saturated rings. The molecular weight excluding hydrogens is 448 g/mol. The summed E-state index contributed by atoms with van der Waals surface area (Å²) in [4.78, 5) is 22.4. The highest BCUT2D eigenvalue weighted by molar-refractivity contribution is 7.99. The van der Waals surface area contributed by atoms with Gasteiger partial charge in [0.25, 0.3) is 10.1 Å². The fourth-order valence-electron chi connectivity index (χ4n) is 2.76. The van der Waals surface area contributed by atoms with Gasteiger partial charge >= 0.3 is 0 Å². The summed E-state index contributed by atoms with van der Waals surface area (Å²) in [6, 6.07) is 9.58. The van der Waals surface area contributed by atoms with E-state index in [0.717, 1.165) is 16.4 Å². The largest absolute Gasteiger partial charge is 0.548 e. The third kappa shape index (κ3) is 5.90. The first-order valence-electron chi connectivity index (χ1n) is 8.84. The number of carbonyl (C=O) groups excluding carboxylic acids is 2. The van der Waals surface area contributed by atoms with Crippen LogP contribution in [0, 0.1) is 0 Å². The Kier molecular flexibility index (Phi) is 7.04. The Labute approximate surface area is 180 Å². The number of nitrogens with zero attached hydrogens (tertiary/aromatic N) is 4. The van der Waals surface area contributed by atoms with E-state index in [4.69, 9.17) is 0 Å². The summed E-state index contributed by atoms with van der Waals surface area (Å²) in [7, 11) is -4.36. The number of thioether (sulfide) groups is 1. The van der Waals surface area contributed by atoms with Crippen molar-refractivity contribution < 1.29 is 27.7 Å². The average molecular weight is 465 g/mol. The van der Waals surface area contributed by atoms with Gasteiger partial charge in [0, 0.05) is 29.5 Å². The molecule has 0 radical (unpaired) electrons. The van der Waals surface area contributed by atoms with Crippen molar-refractivity contribution in [1.82, 2.24) is 25.5 Å². The minimum Gasteiger partial charge on any atom is -0.548 e. The molecule has 31 heavy (non-hydrogen) atoms. The van der Waals surface area contributed by atoms with E-state index >= 15 is 0 Å². The van der Waals surface area contributed by atoms with Crippen LogP contribution in [0.3, 0.4) is 0 Å². The quantitative estimate of drug-likeness (QED) is 0.193. The Morgan fingerprint density at radius 3 is 2.61 bits per heavy atom. The van der Waals surface area contributed by atoms with E-state index < -0.39 is 22.6 Å². The molecule has 3 rings (SSSR count). The highest BCUT2D eigenvalue weighted by Gasteiger charge is 2.15. The van der Waals surface area contributed by atoms with Gasteiger partial charge in [-0.05, 0) is 22.6 Å². The van der Waals surface area contributed by atoms with Crippen LogP contribution in [0.5, 0.6) is 0 Å². The molecule has 0 spiro atoms. The van der Waals surface area contributed by atoms with Crippen LogP contribution in [0.4, 0.5) is 5.69 Å². The maximum atomic E-state index is 12.0. The van der Waals surface area contributed by atoms with Crippen molar-refractivity contribution in [1.29, 1.82) is 0 Å². The fourth-order valence-corrected chi connectivity index (χ4v) is 4.17. The minimum atomic E-state index is -4.36. The SMILES string of the molecule is O=C([O-])Cn1nnnc1SCC(=O)NCCNc1cccc2c(S(=O)(=O)O)cccc12. The zero-order valence-electron chi connectivity index (χ0n) is 15.9. The first-order chi connectivity index (χ1) is 14.8. The van der Waals surface area contributed by atoms with Gasteiger partial charge in [-0.25, -0.2) is 4.68 Å². The standard InChI is InChI=1S/C17H18N6O6S2/c24-15(10-30-17-20-21-22-23(17)9-16(25)26)19-8-7-18-13-5-1-4-12-11(13)3-2-6-14(12)31(27,28)29/h1-6,18H,7-10H2,(H,19,24)(H,25,26)(H,27,28,29)/p-1. The van der Waals surface area contributed by atoms with E-state index in [2.05, 4.69) is 26.2 Å². The van der Waals surface area contributed by atoms with Crippen LogP contribution in [0.15, 0.2) is 46.5 Å². The van der Waals surface area contributed by atoms with Crippen LogP contribution in [0.25, 0.3) is 10.8 Å². The number of fused-ring (bicyclic) bond motifs is 1. The van der Waals surface area contributed by atoms with Gasteiger partial charge in [-0.1, -0.05) is 36.0 Å². The van der Waals surface area contributed by atoms with Crippen LogP contribution in [0.1, 0.15) is 0 Å². The minimum absolute atomic E-state index is 0.0145. The van der Waals surface area contributed by atoms with Crippen LogP contribution in [0.2, 0.25) is 0 Å². The Morgan fingerprint density at radius 1 is 1.13 bits per heavy atom. The summed E-state index contributed by atoms with van der Waals surface area (Å²) >= 11 is 0.987. The molecule has 3 N–H and O–H groups in total. The van der Waals surface area contributed by atoms with Gasteiger partial charge in [0.05, 0.1) is 18.3 Å². The lowest BCUT2D eigenvalue weighted by Gasteiger charge is -2.12. The molecule has 2 aromatic carbocycles. The molecule has 14 heteroatoms. The van der Waals surface area contributed by atoms with Gasteiger partial charge in [-0.3, -0.25) is 9.35 Å². The molecule has 0 aliphatic heterocycles. The normalized spacial score (nSPS) is 11.4. The second-order valence-corrected chi connectivity index (χ2v) is 8.52. The molecule has 0 unspecified atom stereocenters. The highest BCUT2D eigenvalue weighted by atomic mass is 32.2. The maximum Gasteiger partial charge on any atom is 0.295 e. The molecule has 1 amide bonds. The number of aliphatic carboxylic acids is 1. The predicted molar refractivity (Wildman–Crippen MR) is 109 cm³/mol. The van der Waals surface area contributed by atoms with Gasteiger partial charge in [-0.15, -0.1) is 5.10 Å². The van der Waals surface area contributed by atoms with Gasteiger partial charge in [0.15, 0.2) is 0 Å². The Balaban J connectivity index is 1.52. The second-order valence-electron chi connectivity index (χ2n) is 6.19. The lowest BCUT2D eigenvalue weighted by Crippen LogP contribution is -2.30. The number of anilines is 1. The summed E-state index contributed by atoms with van der Waals surface area (Å²) in [5, 5.41) is 28.1. The van der Waals surface area contributed by atoms with E-state index in [0.29, 0.717) is 23.0 Å². The number of hydrogen-bond acceptors (Lipinski definition) is 10. The molecule has 1 heterocycles. The average Bonchev–Trinajstić information content (AvgIpc) is 3.14. The summed E-state index contributed by atoms with van der Waals surface area (Å²) in [5.41, 5.74) is 0.646. The number of rotatable bonds is 10. The van der Waals surface area contributed by atoms with E-state index in [9.17, 15) is 27.7 Å². The first-order valence-corrected chi connectivity index (χ1v) is 11.3. The zero-order chi connectivity index (χ0) is 22.4. The van der Waals surface area contributed by atoms with Crippen LogP contribution in [-0.4, -0.2) is 63.9 Å². The van der Waals surface area contributed by atoms with Gasteiger partial charge in [0.2, 0.25) is 11.1 Å². The molecule has 3 aromatic rings. The number of amides is 1. The first kappa shape index (κ1) is 22.5. The molecular formula is C17H17N6O6S2-. The lowest BCUT2D eigenvalue weighted by atomic mass is 10.1. The van der Waals surface area contributed by atoms with Crippen LogP contribution < -0.4 is 15.7 Å². The Morgan fingerprint density at radius 2 is 1.87 bits per heavy atom. The fraction of sp³-hybridized carbons (Fsp3) is 0.235. The molecule has 0 saturated carbocycles. The lowest BCUT2D eigenvalue weighted by molar-refractivity contribution is -0.306. The zero-order valence-corrected chi connectivity index (χ0v) is 17.5. The summed E-state index contributed by atoms with van der Waals surface area (Å²) in [6.07, 6.45) is 0. The van der Waals surface area contributed by atoms with Crippen LogP contribution in [-0.2, 0) is 26.3 Å². The number of nitrogens with one attached hydrogen (secondary N) is 2. The third-order valence-corrected chi connectivity index (χ3v) is 5.90. The van der Waals surface area contributed by atoms with Crippen molar-refractivity contribution in [2.75, 3.05) is 24.2 Å². The number of hydrogen-bond donors (Lipinski definition) is 3. The number of aromatic nitrogens is 4. The van der Waals surface area contributed by atoms with Crippen molar-refractivity contribution in [2.24, 2.45) is 0 Å². The van der Waals surface area contributed by atoms with Crippen LogP contribution >= 0.6 is 11.8 Å². The number of tetrazole rings is 1. The number of carboxylic acids is 1. The molecule has 0 bridgehead atoms. The summed E-state index contributed by atoms with van der Waals surface area (Å²) < 4.78 is 33.5. The molecule has 0 saturated heterocycles. The molecule has 0 aliphatic rings. The van der Waals surface area contributed by atoms with E-state index in [1.165, 1.54) is 12.1 Å². The highest BCUT2D eigenvalue weighted by Crippen LogP contribution is 2.28. The van der Waals surface area contributed by atoms with Crippen molar-refractivity contribution in [3.8, 4) is 0 Å². The van der Waals surface area contributed by atoms with E-state index in [1.54, 1.807) is 24.3 Å². The summed E-state index contributed by atoms with van der Waals surface area (Å²) in [6.45, 7) is 0.122. The Bertz CT molecular complexity index is 1210. The van der Waals surface area contributed by atoms with E-state index in [1.807, 2.05) is 0 Å². The van der Waals surface area contributed by atoms with Crippen molar-refractivity contribution in [3.05, 3.63) is 36.4 Å². The number of carboxylic acid groups (broad SMARTS) is 1. The van der Waals surface area contributed by atoms with E-state index in [-0.39, 0.29) is 28.3 Å². The second kappa shape index (κ2) is 9.72.